The van der Waals surface area contributed by atoms with Crippen LogP contribution in [0, 0.1) is 17.6 Å². The second-order valence-corrected chi connectivity index (χ2v) is 6.07. The average Bonchev–Trinajstić information content (AvgIpc) is 2.82. The Morgan fingerprint density at radius 3 is 2.48 bits per heavy atom. The van der Waals surface area contributed by atoms with Gasteiger partial charge in [0.15, 0.2) is 0 Å². The Morgan fingerprint density at radius 2 is 1.67 bits per heavy atom. The van der Waals surface area contributed by atoms with Crippen molar-refractivity contribution < 1.29 is 8.78 Å². The van der Waals surface area contributed by atoms with E-state index in [1.165, 1.54) is 17.7 Å². The van der Waals surface area contributed by atoms with E-state index >= 15 is 0 Å². The lowest BCUT2D eigenvalue weighted by molar-refractivity contribution is 0.324. The third kappa shape index (κ3) is 2.07. The van der Waals surface area contributed by atoms with Crippen molar-refractivity contribution in [1.82, 2.24) is 5.32 Å². The molecule has 1 heterocycles. The Bertz CT molecular complexity index is 665. The molecule has 0 bridgehead atoms. The van der Waals surface area contributed by atoms with E-state index in [1.54, 1.807) is 12.1 Å². The number of hydrogen-bond acceptors (Lipinski definition) is 1. The van der Waals surface area contributed by atoms with Crippen molar-refractivity contribution in [2.75, 3.05) is 13.1 Å². The zero-order valence-corrected chi connectivity index (χ0v) is 11.7. The first-order valence-electron chi connectivity index (χ1n) is 7.49. The van der Waals surface area contributed by atoms with Crippen LogP contribution in [-0.2, 0) is 0 Å². The molecule has 2 aromatic rings. The monoisotopic (exact) mass is 285 g/mol. The van der Waals surface area contributed by atoms with Gasteiger partial charge in [0.25, 0.3) is 0 Å². The molecule has 2 aromatic carbocycles. The van der Waals surface area contributed by atoms with Gasteiger partial charge in [0.2, 0.25) is 0 Å². The van der Waals surface area contributed by atoms with Crippen LogP contribution in [0.2, 0.25) is 0 Å². The summed E-state index contributed by atoms with van der Waals surface area (Å²) in [6.07, 6.45) is 1.07. The summed E-state index contributed by atoms with van der Waals surface area (Å²) < 4.78 is 26.8. The maximum atomic E-state index is 13.6. The average molecular weight is 285 g/mol. The molecule has 1 nitrogen and oxygen atoms in total. The van der Waals surface area contributed by atoms with E-state index in [0.29, 0.717) is 11.8 Å². The van der Waals surface area contributed by atoms with Crippen LogP contribution in [0.25, 0.3) is 0 Å². The van der Waals surface area contributed by atoms with Gasteiger partial charge in [-0.1, -0.05) is 18.2 Å². The lowest BCUT2D eigenvalue weighted by atomic mass is 9.79. The van der Waals surface area contributed by atoms with Gasteiger partial charge in [0.05, 0.1) is 0 Å². The SMILES string of the molecule is Fc1ccc(C2c3ccc(F)cc3C3CNCCC32)cc1. The van der Waals surface area contributed by atoms with Gasteiger partial charge in [0.1, 0.15) is 11.6 Å². The highest BCUT2D eigenvalue weighted by atomic mass is 19.1. The van der Waals surface area contributed by atoms with E-state index in [4.69, 9.17) is 0 Å². The molecule has 21 heavy (non-hydrogen) atoms. The minimum atomic E-state index is -0.210. The molecular weight excluding hydrogens is 268 g/mol. The highest BCUT2D eigenvalue weighted by Gasteiger charge is 2.42. The van der Waals surface area contributed by atoms with E-state index in [2.05, 4.69) is 5.32 Å². The second kappa shape index (κ2) is 4.92. The van der Waals surface area contributed by atoms with E-state index in [1.807, 2.05) is 18.2 Å². The van der Waals surface area contributed by atoms with Crippen LogP contribution < -0.4 is 5.32 Å². The smallest absolute Gasteiger partial charge is 0.123 e. The number of benzene rings is 2. The number of hydrogen-bond donors (Lipinski definition) is 1. The molecule has 1 N–H and O–H groups in total. The summed E-state index contributed by atoms with van der Waals surface area (Å²) in [7, 11) is 0. The largest absolute Gasteiger partial charge is 0.316 e. The predicted molar refractivity (Wildman–Crippen MR) is 78.4 cm³/mol. The van der Waals surface area contributed by atoms with Crippen LogP contribution in [0.1, 0.15) is 34.9 Å². The van der Waals surface area contributed by atoms with E-state index in [9.17, 15) is 8.78 Å². The van der Waals surface area contributed by atoms with Crippen molar-refractivity contribution in [3.8, 4) is 0 Å². The number of piperidine rings is 1. The quantitative estimate of drug-likeness (QED) is 0.840. The van der Waals surface area contributed by atoms with Gasteiger partial charge in [-0.05, 0) is 59.8 Å². The Morgan fingerprint density at radius 1 is 0.905 bits per heavy atom. The predicted octanol–water partition coefficient (Wildman–Crippen LogP) is 3.80. The van der Waals surface area contributed by atoms with Crippen molar-refractivity contribution in [1.29, 1.82) is 0 Å². The molecular formula is C18H17F2N. The standard InChI is InChI=1S/C18H17F2N/c19-12-3-1-11(2-4-12)18-14-6-5-13(20)9-16(14)17-10-21-8-7-15(17)18/h1-6,9,15,17-18,21H,7-8,10H2. The van der Waals surface area contributed by atoms with Crippen LogP contribution in [0.4, 0.5) is 8.78 Å². The molecule has 1 aliphatic carbocycles. The zero-order chi connectivity index (χ0) is 14.4. The second-order valence-electron chi connectivity index (χ2n) is 6.07. The van der Waals surface area contributed by atoms with Crippen LogP contribution in [-0.4, -0.2) is 13.1 Å². The third-order valence-corrected chi connectivity index (χ3v) is 4.98. The molecule has 3 atom stereocenters. The Hall–Kier alpha value is -1.74. The molecule has 1 aliphatic heterocycles. The molecule has 0 aromatic heterocycles. The first-order valence-corrected chi connectivity index (χ1v) is 7.49. The van der Waals surface area contributed by atoms with E-state index < -0.39 is 0 Å². The van der Waals surface area contributed by atoms with Crippen molar-refractivity contribution in [3.05, 3.63) is 70.8 Å². The Balaban J connectivity index is 1.84. The maximum absolute atomic E-state index is 13.6. The maximum Gasteiger partial charge on any atom is 0.123 e. The molecule has 0 saturated carbocycles. The van der Waals surface area contributed by atoms with Gasteiger partial charge in [-0.15, -0.1) is 0 Å². The first kappa shape index (κ1) is 13.0. The molecule has 2 aliphatic rings. The van der Waals surface area contributed by atoms with Gasteiger partial charge in [0, 0.05) is 18.4 Å². The van der Waals surface area contributed by atoms with Crippen LogP contribution >= 0.6 is 0 Å². The van der Waals surface area contributed by atoms with E-state index in [0.717, 1.165) is 30.6 Å². The van der Waals surface area contributed by atoms with Crippen LogP contribution in [0.3, 0.4) is 0 Å². The zero-order valence-electron chi connectivity index (χ0n) is 11.7. The lowest BCUT2D eigenvalue weighted by Gasteiger charge is -2.30. The number of nitrogens with one attached hydrogen (secondary N) is 1. The summed E-state index contributed by atoms with van der Waals surface area (Å²) in [6.45, 7) is 1.90. The normalized spacial score (nSPS) is 27.2. The van der Waals surface area contributed by atoms with Crippen molar-refractivity contribution in [3.63, 3.8) is 0 Å². The summed E-state index contributed by atoms with van der Waals surface area (Å²) in [5.74, 6) is 0.720. The summed E-state index contributed by atoms with van der Waals surface area (Å²) in [6, 6.07) is 11.9. The molecule has 0 amide bonds. The molecule has 0 spiro atoms. The first-order chi connectivity index (χ1) is 10.2. The molecule has 108 valence electrons. The molecule has 3 unspecified atom stereocenters. The van der Waals surface area contributed by atoms with Gasteiger partial charge in [-0.2, -0.15) is 0 Å². The number of fused-ring (bicyclic) bond motifs is 3. The summed E-state index contributed by atoms with van der Waals surface area (Å²) in [4.78, 5) is 0. The van der Waals surface area contributed by atoms with Crippen molar-refractivity contribution >= 4 is 0 Å². The molecule has 1 fully saturated rings. The number of halogens is 2. The molecule has 3 heteroatoms. The third-order valence-electron chi connectivity index (χ3n) is 4.98. The number of rotatable bonds is 1. The van der Waals surface area contributed by atoms with Gasteiger partial charge in [-0.25, -0.2) is 8.78 Å². The minimum Gasteiger partial charge on any atom is -0.316 e. The fourth-order valence-electron chi connectivity index (χ4n) is 4.10. The fraction of sp³-hybridized carbons (Fsp3) is 0.333. The molecule has 0 radical (unpaired) electrons. The van der Waals surface area contributed by atoms with Gasteiger partial charge < -0.3 is 5.32 Å². The van der Waals surface area contributed by atoms with E-state index in [-0.39, 0.29) is 17.6 Å². The van der Waals surface area contributed by atoms with Gasteiger partial charge in [-0.3, -0.25) is 0 Å². The van der Waals surface area contributed by atoms with Gasteiger partial charge >= 0.3 is 0 Å². The Labute approximate surface area is 123 Å². The molecule has 4 rings (SSSR count). The van der Waals surface area contributed by atoms with Crippen LogP contribution in [0.15, 0.2) is 42.5 Å². The molecule has 1 saturated heterocycles. The van der Waals surface area contributed by atoms with Crippen molar-refractivity contribution in [2.24, 2.45) is 5.92 Å². The Kier molecular flexibility index (Phi) is 3.03. The topological polar surface area (TPSA) is 12.0 Å². The summed E-state index contributed by atoms with van der Waals surface area (Å²) in [5, 5.41) is 3.42. The van der Waals surface area contributed by atoms with Crippen LogP contribution in [0.5, 0.6) is 0 Å². The van der Waals surface area contributed by atoms with Crippen molar-refractivity contribution in [2.45, 2.75) is 18.3 Å². The minimum absolute atomic E-state index is 0.169. The summed E-state index contributed by atoms with van der Waals surface area (Å²) in [5.41, 5.74) is 3.47. The summed E-state index contributed by atoms with van der Waals surface area (Å²) >= 11 is 0. The lowest BCUT2D eigenvalue weighted by Crippen LogP contribution is -2.34. The fourth-order valence-corrected chi connectivity index (χ4v) is 4.10. The highest BCUT2D eigenvalue weighted by molar-refractivity contribution is 5.47. The highest BCUT2D eigenvalue weighted by Crippen LogP contribution is 2.51.